The molecular formula is C45H78NO12P. The van der Waals surface area contributed by atoms with Gasteiger partial charge in [-0.15, -0.1) is 0 Å². The van der Waals surface area contributed by atoms with Gasteiger partial charge < -0.3 is 40.2 Å². The van der Waals surface area contributed by atoms with Crippen LogP contribution in [-0.4, -0.2) is 89.2 Å². The van der Waals surface area contributed by atoms with Crippen molar-refractivity contribution < 1.29 is 57.6 Å². The molecule has 0 aromatic rings. The summed E-state index contributed by atoms with van der Waals surface area (Å²) in [6, 6.07) is 0. The van der Waals surface area contributed by atoms with Gasteiger partial charge in [-0.1, -0.05) is 120 Å². The van der Waals surface area contributed by atoms with E-state index >= 15 is 0 Å². The second kappa shape index (κ2) is 36.2. The van der Waals surface area contributed by atoms with Crippen molar-refractivity contribution in [3.8, 4) is 0 Å². The number of ether oxygens (including phenoxy) is 3. The maximum absolute atomic E-state index is 12.6. The van der Waals surface area contributed by atoms with Crippen LogP contribution in [0.1, 0.15) is 149 Å². The molecule has 1 rings (SSSR count). The monoisotopic (exact) mass is 856 g/mol. The molecule has 0 spiro atoms. The molecule has 0 amide bonds. The van der Waals surface area contributed by atoms with E-state index in [0.717, 1.165) is 64.2 Å². The first-order valence-electron chi connectivity index (χ1n) is 22.2. The summed E-state index contributed by atoms with van der Waals surface area (Å²) in [6.07, 6.45) is 33.0. The highest BCUT2D eigenvalue weighted by Crippen LogP contribution is 2.43. The van der Waals surface area contributed by atoms with Crippen LogP contribution in [0.2, 0.25) is 0 Å². The van der Waals surface area contributed by atoms with E-state index in [9.17, 15) is 34.4 Å². The van der Waals surface area contributed by atoms with Crippen LogP contribution >= 0.6 is 7.82 Å². The van der Waals surface area contributed by atoms with Crippen LogP contribution in [0.4, 0.5) is 0 Å². The topological polar surface area (TPSA) is 204 Å². The first-order valence-corrected chi connectivity index (χ1v) is 23.7. The van der Waals surface area contributed by atoms with Crippen LogP contribution in [0.15, 0.2) is 60.8 Å². The van der Waals surface area contributed by atoms with E-state index in [1.807, 2.05) is 12.2 Å². The number of phosphoric acid groups is 1. The third-order valence-corrected chi connectivity index (χ3v) is 10.7. The number of aliphatic hydroxyl groups excluding tert-OH is 3. The number of hydrogen-bond donors (Lipinski definition) is 5. The van der Waals surface area contributed by atoms with Gasteiger partial charge in [-0.2, -0.15) is 0 Å². The minimum atomic E-state index is -4.46. The summed E-state index contributed by atoms with van der Waals surface area (Å²) in [4.78, 5) is 35.1. The zero-order valence-corrected chi connectivity index (χ0v) is 36.9. The zero-order chi connectivity index (χ0) is 43.4. The molecule has 6 N–H and O–H groups in total. The Morgan fingerprint density at radius 1 is 0.780 bits per heavy atom. The van der Waals surface area contributed by atoms with E-state index in [4.69, 9.17) is 29.0 Å². The molecule has 1 aliphatic heterocycles. The number of carbonyl (C=O) groups excluding carboxylic acids is 2. The fourth-order valence-corrected chi connectivity index (χ4v) is 7.03. The highest BCUT2D eigenvalue weighted by atomic mass is 31.2. The number of unbranched alkanes of at least 4 members (excludes halogenated alkanes) is 10. The van der Waals surface area contributed by atoms with Gasteiger partial charge in [-0.3, -0.25) is 18.6 Å². The second-order valence-electron chi connectivity index (χ2n) is 15.1. The van der Waals surface area contributed by atoms with E-state index in [0.29, 0.717) is 32.1 Å². The molecule has 59 heavy (non-hydrogen) atoms. The highest BCUT2D eigenvalue weighted by molar-refractivity contribution is 7.47. The van der Waals surface area contributed by atoms with E-state index in [1.54, 1.807) is 12.2 Å². The van der Waals surface area contributed by atoms with Gasteiger partial charge in [0.15, 0.2) is 12.4 Å². The van der Waals surface area contributed by atoms with Crippen LogP contribution in [0.5, 0.6) is 0 Å². The van der Waals surface area contributed by atoms with Crippen LogP contribution < -0.4 is 5.73 Å². The SMILES string of the molecule is CCCCC/C=C\C/C=C\C/C=C\CCCCCCC(=O)O[C@H](COC(=O)CCC/C=C\C[C@H]1[C@@H](O)CC(O)O[C@@H]1/C=C/[C@@H](O)CCCCC)COP(=O)(O)OCCN. The van der Waals surface area contributed by atoms with Crippen molar-refractivity contribution in [2.24, 2.45) is 11.7 Å². The Kier molecular flexibility index (Phi) is 33.5. The van der Waals surface area contributed by atoms with Gasteiger partial charge in [-0.25, -0.2) is 4.57 Å². The molecule has 13 nitrogen and oxygen atoms in total. The fraction of sp³-hybridized carbons (Fsp3) is 0.733. The quantitative estimate of drug-likeness (QED) is 0.0174. The molecule has 0 saturated carbocycles. The normalized spacial score (nSPS) is 20.9. The molecule has 1 aliphatic rings. The average molecular weight is 856 g/mol. The third kappa shape index (κ3) is 31.1. The van der Waals surface area contributed by atoms with E-state index < -0.39 is 57.1 Å². The van der Waals surface area contributed by atoms with Crippen molar-refractivity contribution in [2.45, 2.75) is 179 Å². The molecule has 0 aliphatic carbocycles. The van der Waals surface area contributed by atoms with Crippen LogP contribution in [0, 0.1) is 5.92 Å². The van der Waals surface area contributed by atoms with Crippen LogP contribution in [0.25, 0.3) is 0 Å². The summed E-state index contributed by atoms with van der Waals surface area (Å²) in [7, 11) is -4.46. The zero-order valence-electron chi connectivity index (χ0n) is 36.0. The number of aliphatic hydroxyl groups is 3. The summed E-state index contributed by atoms with van der Waals surface area (Å²) in [5, 5.41) is 30.9. The molecule has 340 valence electrons. The predicted molar refractivity (Wildman–Crippen MR) is 232 cm³/mol. The Hall–Kier alpha value is -2.45. The Labute approximate surface area is 354 Å². The number of phosphoric ester groups is 1. The number of carbonyl (C=O) groups is 2. The van der Waals surface area contributed by atoms with Gasteiger partial charge in [0.05, 0.1) is 31.5 Å². The molecule has 7 atom stereocenters. The molecule has 2 unspecified atom stereocenters. The molecule has 14 heteroatoms. The van der Waals surface area contributed by atoms with Gasteiger partial charge in [-0.05, 0) is 70.6 Å². The van der Waals surface area contributed by atoms with Gasteiger partial charge in [0.25, 0.3) is 0 Å². The average Bonchev–Trinajstić information content (AvgIpc) is 3.20. The lowest BCUT2D eigenvalue weighted by Crippen LogP contribution is -2.43. The van der Waals surface area contributed by atoms with Gasteiger partial charge in [0.1, 0.15) is 6.61 Å². The summed E-state index contributed by atoms with van der Waals surface area (Å²) in [5.74, 6) is -1.37. The number of allylic oxidation sites excluding steroid dienone is 8. The summed E-state index contributed by atoms with van der Waals surface area (Å²) >= 11 is 0. The predicted octanol–water partition coefficient (Wildman–Crippen LogP) is 8.60. The van der Waals surface area contributed by atoms with Crippen LogP contribution in [-0.2, 0) is 37.4 Å². The Morgan fingerprint density at radius 3 is 2.08 bits per heavy atom. The Bertz CT molecular complexity index is 1270. The fourth-order valence-electron chi connectivity index (χ4n) is 6.27. The van der Waals surface area contributed by atoms with Crippen molar-refractivity contribution in [1.82, 2.24) is 0 Å². The lowest BCUT2D eigenvalue weighted by atomic mass is 9.87. The summed E-state index contributed by atoms with van der Waals surface area (Å²) < 4.78 is 38.4. The molecule has 0 radical (unpaired) electrons. The minimum Gasteiger partial charge on any atom is -0.462 e. The van der Waals surface area contributed by atoms with E-state index in [1.165, 1.54) is 19.3 Å². The van der Waals surface area contributed by atoms with Gasteiger partial charge in [0, 0.05) is 31.7 Å². The van der Waals surface area contributed by atoms with Crippen molar-refractivity contribution in [1.29, 1.82) is 0 Å². The molecule has 1 heterocycles. The lowest BCUT2D eigenvalue weighted by Gasteiger charge is -2.36. The number of esters is 2. The first-order chi connectivity index (χ1) is 28.5. The standard InChI is InChI=1S/C45H78NO12P/c1-3-5-7-8-9-10-11-12-13-14-15-16-17-18-19-20-26-30-44(50)57-39(37-56-59(52,53)55-34-33-46)36-54-43(49)29-25-22-21-24-28-40-41(48)35-45(51)58-42(40)32-31-38(47)27-23-6-4-2/h9-10,12-13,15-16,21,24,31-32,38-42,45,47-48,51H,3-8,11,14,17-20,22-23,25-30,33-37,46H2,1-2H3,(H,52,53)/b10-9-,13-12-,16-15-,24-21-,32-31+/t38-,39+,40-,41-,42+,45?/m0/s1. The first kappa shape index (κ1) is 54.6. The number of nitrogens with two attached hydrogens (primary N) is 1. The second-order valence-corrected chi connectivity index (χ2v) is 16.5. The maximum atomic E-state index is 12.6. The van der Waals surface area contributed by atoms with Crippen molar-refractivity contribution in [3.05, 3.63) is 60.8 Å². The third-order valence-electron chi connectivity index (χ3n) is 9.67. The molecule has 0 bridgehead atoms. The minimum absolute atomic E-state index is 0.00727. The summed E-state index contributed by atoms with van der Waals surface area (Å²) in [6.45, 7) is 3.24. The molecule has 0 aromatic carbocycles. The molecule has 1 saturated heterocycles. The lowest BCUT2D eigenvalue weighted by molar-refractivity contribution is -0.199. The van der Waals surface area contributed by atoms with Gasteiger partial charge in [0.2, 0.25) is 0 Å². The smallest absolute Gasteiger partial charge is 0.462 e. The van der Waals surface area contributed by atoms with E-state index in [-0.39, 0.29) is 44.9 Å². The van der Waals surface area contributed by atoms with Crippen molar-refractivity contribution in [2.75, 3.05) is 26.4 Å². The molecule has 1 fully saturated rings. The molecule has 0 aromatic heterocycles. The Balaban J connectivity index is 2.45. The van der Waals surface area contributed by atoms with Gasteiger partial charge >= 0.3 is 19.8 Å². The summed E-state index contributed by atoms with van der Waals surface area (Å²) in [5.41, 5.74) is 5.34. The van der Waals surface area contributed by atoms with Crippen LogP contribution in [0.3, 0.4) is 0 Å². The van der Waals surface area contributed by atoms with E-state index in [2.05, 4.69) is 50.3 Å². The maximum Gasteiger partial charge on any atom is 0.472 e. The largest absolute Gasteiger partial charge is 0.472 e. The number of hydrogen-bond acceptors (Lipinski definition) is 12. The van der Waals surface area contributed by atoms with Crippen molar-refractivity contribution >= 4 is 19.8 Å². The highest BCUT2D eigenvalue weighted by Gasteiger charge is 2.35. The van der Waals surface area contributed by atoms with Crippen molar-refractivity contribution in [3.63, 3.8) is 0 Å². The number of rotatable bonds is 36. The Morgan fingerprint density at radius 2 is 1.39 bits per heavy atom. The molecular weight excluding hydrogens is 777 g/mol.